The Labute approximate surface area is 93.1 Å². The highest BCUT2D eigenvalue weighted by molar-refractivity contribution is 4.68. The van der Waals surface area contributed by atoms with Gasteiger partial charge in [-0.3, -0.25) is 0 Å². The highest BCUT2D eigenvalue weighted by atomic mass is 16.7. The summed E-state index contributed by atoms with van der Waals surface area (Å²) in [6, 6.07) is 0. The minimum Gasteiger partial charge on any atom is -0.381 e. The van der Waals surface area contributed by atoms with Gasteiger partial charge in [-0.1, -0.05) is 20.3 Å². The third-order valence-corrected chi connectivity index (χ3v) is 3.20. The second-order valence-corrected chi connectivity index (χ2v) is 4.32. The van der Waals surface area contributed by atoms with E-state index < -0.39 is 0 Å². The van der Waals surface area contributed by atoms with Gasteiger partial charge in [-0.2, -0.15) is 0 Å². The molecule has 0 amide bonds. The first-order chi connectivity index (χ1) is 7.24. The van der Waals surface area contributed by atoms with E-state index in [0.29, 0.717) is 0 Å². The SMILES string of the molecule is CC1OCCO1.CCC(C)C1CCOC1. The molecule has 2 atom stereocenters. The normalized spacial score (nSPS) is 28.6. The van der Waals surface area contributed by atoms with E-state index in [4.69, 9.17) is 14.2 Å². The molecule has 90 valence electrons. The van der Waals surface area contributed by atoms with Crippen LogP contribution in [0.25, 0.3) is 0 Å². The lowest BCUT2D eigenvalue weighted by Crippen LogP contribution is -2.09. The van der Waals surface area contributed by atoms with Crippen LogP contribution in [0.2, 0.25) is 0 Å². The molecule has 0 aliphatic carbocycles. The van der Waals surface area contributed by atoms with Crippen LogP contribution in [0.15, 0.2) is 0 Å². The van der Waals surface area contributed by atoms with Crippen molar-refractivity contribution in [2.45, 2.75) is 39.9 Å². The Morgan fingerprint density at radius 3 is 2.20 bits per heavy atom. The van der Waals surface area contributed by atoms with Gasteiger partial charge in [0.15, 0.2) is 6.29 Å². The van der Waals surface area contributed by atoms with Gasteiger partial charge >= 0.3 is 0 Å². The van der Waals surface area contributed by atoms with Crippen LogP contribution in [-0.2, 0) is 14.2 Å². The van der Waals surface area contributed by atoms with Gasteiger partial charge in [-0.25, -0.2) is 0 Å². The molecule has 0 aromatic carbocycles. The Kier molecular flexibility index (Phi) is 6.22. The molecule has 2 saturated heterocycles. The molecule has 2 aliphatic heterocycles. The quantitative estimate of drug-likeness (QED) is 0.709. The van der Waals surface area contributed by atoms with Crippen LogP contribution < -0.4 is 0 Å². The van der Waals surface area contributed by atoms with E-state index in [1.807, 2.05) is 6.92 Å². The Morgan fingerprint density at radius 1 is 1.20 bits per heavy atom. The fourth-order valence-electron chi connectivity index (χ4n) is 1.81. The van der Waals surface area contributed by atoms with Gasteiger partial charge in [0.1, 0.15) is 0 Å². The van der Waals surface area contributed by atoms with Crippen LogP contribution in [0.3, 0.4) is 0 Å². The predicted molar refractivity (Wildman–Crippen MR) is 59.7 cm³/mol. The minimum atomic E-state index is 0.0463. The molecule has 0 spiro atoms. The summed E-state index contributed by atoms with van der Waals surface area (Å²) in [5.41, 5.74) is 0. The first-order valence-electron chi connectivity index (χ1n) is 6.05. The van der Waals surface area contributed by atoms with Crippen LogP contribution in [-0.4, -0.2) is 32.7 Å². The summed E-state index contributed by atoms with van der Waals surface area (Å²) in [5, 5.41) is 0. The second-order valence-electron chi connectivity index (χ2n) is 4.32. The monoisotopic (exact) mass is 216 g/mol. The van der Waals surface area contributed by atoms with Crippen molar-refractivity contribution in [1.82, 2.24) is 0 Å². The highest BCUT2D eigenvalue weighted by Gasteiger charge is 2.20. The molecular formula is C12H24O3. The van der Waals surface area contributed by atoms with Crippen molar-refractivity contribution in [2.75, 3.05) is 26.4 Å². The molecule has 3 heteroatoms. The Hall–Kier alpha value is -0.120. The lowest BCUT2D eigenvalue weighted by molar-refractivity contribution is -0.0254. The van der Waals surface area contributed by atoms with Crippen molar-refractivity contribution in [1.29, 1.82) is 0 Å². The van der Waals surface area contributed by atoms with Gasteiger partial charge in [0.05, 0.1) is 13.2 Å². The summed E-state index contributed by atoms with van der Waals surface area (Å²) >= 11 is 0. The largest absolute Gasteiger partial charge is 0.381 e. The fourth-order valence-corrected chi connectivity index (χ4v) is 1.81. The fraction of sp³-hybridized carbons (Fsp3) is 1.00. The molecular weight excluding hydrogens is 192 g/mol. The van der Waals surface area contributed by atoms with Crippen molar-refractivity contribution < 1.29 is 14.2 Å². The molecule has 15 heavy (non-hydrogen) atoms. The zero-order chi connectivity index (χ0) is 11.1. The Bertz CT molecular complexity index is 149. The molecule has 0 bridgehead atoms. The molecule has 0 N–H and O–H groups in total. The average Bonchev–Trinajstić information content (AvgIpc) is 2.89. The van der Waals surface area contributed by atoms with Crippen LogP contribution in [0.5, 0.6) is 0 Å². The van der Waals surface area contributed by atoms with Crippen molar-refractivity contribution >= 4 is 0 Å². The molecule has 2 rings (SSSR count). The van der Waals surface area contributed by atoms with Gasteiger partial charge in [-0.15, -0.1) is 0 Å². The maximum Gasteiger partial charge on any atom is 0.155 e. The third kappa shape index (κ3) is 4.96. The maximum atomic E-state index is 5.28. The van der Waals surface area contributed by atoms with E-state index >= 15 is 0 Å². The van der Waals surface area contributed by atoms with Gasteiger partial charge in [0.2, 0.25) is 0 Å². The van der Waals surface area contributed by atoms with E-state index in [2.05, 4.69) is 13.8 Å². The van der Waals surface area contributed by atoms with Crippen LogP contribution in [0.4, 0.5) is 0 Å². The van der Waals surface area contributed by atoms with Crippen LogP contribution in [0, 0.1) is 11.8 Å². The summed E-state index contributed by atoms with van der Waals surface area (Å²) in [7, 11) is 0. The lowest BCUT2D eigenvalue weighted by Gasteiger charge is -2.13. The molecule has 2 heterocycles. The number of rotatable bonds is 2. The van der Waals surface area contributed by atoms with Crippen LogP contribution in [0.1, 0.15) is 33.6 Å². The van der Waals surface area contributed by atoms with E-state index in [-0.39, 0.29) is 6.29 Å². The lowest BCUT2D eigenvalue weighted by atomic mass is 9.91. The van der Waals surface area contributed by atoms with E-state index in [0.717, 1.165) is 38.3 Å². The number of hydrogen-bond donors (Lipinski definition) is 0. The smallest absolute Gasteiger partial charge is 0.155 e. The van der Waals surface area contributed by atoms with Crippen molar-refractivity contribution in [3.05, 3.63) is 0 Å². The zero-order valence-electron chi connectivity index (χ0n) is 10.2. The van der Waals surface area contributed by atoms with Gasteiger partial charge in [-0.05, 0) is 25.2 Å². The molecule has 2 aliphatic rings. The van der Waals surface area contributed by atoms with Crippen LogP contribution >= 0.6 is 0 Å². The first kappa shape index (κ1) is 12.9. The molecule has 0 aromatic heterocycles. The standard InChI is InChI=1S/C8H16O.C4H8O2/c1-3-7(2)8-4-5-9-6-8;1-4-5-2-3-6-4/h7-8H,3-6H2,1-2H3;4H,2-3H2,1H3. The summed E-state index contributed by atoms with van der Waals surface area (Å²) in [4.78, 5) is 0. The topological polar surface area (TPSA) is 27.7 Å². The van der Waals surface area contributed by atoms with Gasteiger partial charge in [0, 0.05) is 13.2 Å². The molecule has 0 radical (unpaired) electrons. The van der Waals surface area contributed by atoms with Gasteiger partial charge in [0.25, 0.3) is 0 Å². The molecule has 3 nitrogen and oxygen atoms in total. The highest BCUT2D eigenvalue weighted by Crippen LogP contribution is 2.23. The number of hydrogen-bond acceptors (Lipinski definition) is 3. The first-order valence-corrected chi connectivity index (χ1v) is 6.05. The van der Waals surface area contributed by atoms with E-state index in [1.54, 1.807) is 0 Å². The van der Waals surface area contributed by atoms with Crippen molar-refractivity contribution in [3.63, 3.8) is 0 Å². The third-order valence-electron chi connectivity index (χ3n) is 3.20. The Morgan fingerprint density at radius 2 is 1.87 bits per heavy atom. The van der Waals surface area contributed by atoms with Gasteiger partial charge < -0.3 is 14.2 Å². The molecule has 2 fully saturated rings. The summed E-state index contributed by atoms with van der Waals surface area (Å²) in [6.07, 6.45) is 2.63. The summed E-state index contributed by atoms with van der Waals surface area (Å²) in [5.74, 6) is 1.72. The maximum absolute atomic E-state index is 5.28. The van der Waals surface area contributed by atoms with E-state index in [1.165, 1.54) is 12.8 Å². The average molecular weight is 216 g/mol. The number of ether oxygens (including phenoxy) is 3. The summed E-state index contributed by atoms with van der Waals surface area (Å²) < 4.78 is 15.1. The summed E-state index contributed by atoms with van der Waals surface area (Å²) in [6.45, 7) is 10.0. The Balaban J connectivity index is 0.000000162. The molecule has 0 saturated carbocycles. The van der Waals surface area contributed by atoms with E-state index in [9.17, 15) is 0 Å². The van der Waals surface area contributed by atoms with Crippen molar-refractivity contribution in [2.24, 2.45) is 11.8 Å². The second kappa shape index (κ2) is 7.20. The van der Waals surface area contributed by atoms with Crippen molar-refractivity contribution in [3.8, 4) is 0 Å². The molecule has 0 aromatic rings. The molecule has 2 unspecified atom stereocenters. The minimum absolute atomic E-state index is 0.0463. The predicted octanol–water partition coefficient (Wildman–Crippen LogP) is 2.45. The zero-order valence-corrected chi connectivity index (χ0v) is 10.2.